The summed E-state index contributed by atoms with van der Waals surface area (Å²) >= 11 is 14.7. The van der Waals surface area contributed by atoms with Crippen molar-refractivity contribution in [3.63, 3.8) is 0 Å². The fraction of sp³-hybridized carbons (Fsp3) is 0.393. The first-order valence-corrected chi connectivity index (χ1v) is 35.4. The lowest BCUT2D eigenvalue weighted by atomic mass is 9.65. The highest BCUT2D eigenvalue weighted by Gasteiger charge is 2.53. The van der Waals surface area contributed by atoms with Crippen molar-refractivity contribution in [3.05, 3.63) is 153 Å². The van der Waals surface area contributed by atoms with Crippen LogP contribution in [0.15, 0.2) is 109 Å². The quantitative estimate of drug-likeness (QED) is 0.0132. The number of nitrogens with zero attached hydrogens (tertiary/aromatic N) is 3. The molecule has 3 aliphatic heterocycles. The van der Waals surface area contributed by atoms with Crippen molar-refractivity contribution in [3.8, 4) is 0 Å². The van der Waals surface area contributed by atoms with Gasteiger partial charge in [-0.15, -0.1) is 0 Å². The van der Waals surface area contributed by atoms with Crippen LogP contribution in [0, 0.1) is 34.3 Å². The van der Waals surface area contributed by atoms with Crippen LogP contribution >= 0.6 is 136 Å². The van der Waals surface area contributed by atoms with E-state index in [-0.39, 0.29) is 41.2 Å². The Labute approximate surface area is 558 Å². The van der Waals surface area contributed by atoms with E-state index >= 15 is 0 Å². The molecule has 2 fully saturated rings. The highest BCUT2D eigenvalue weighted by atomic mass is 127. The molecule has 1 aliphatic carbocycles. The molecular weight excluding hydrogens is 1720 g/mol. The first-order chi connectivity index (χ1) is 38.7. The molecule has 4 aromatic carbocycles. The number of unbranched alkanes of at least 4 members (excludes halogenated alkanes) is 2. The summed E-state index contributed by atoms with van der Waals surface area (Å²) in [7, 11) is -4.20. The number of likely N-dealkylation sites (tertiary alicyclic amines) is 1. The van der Waals surface area contributed by atoms with Gasteiger partial charge in [0.1, 0.15) is 12.6 Å². The van der Waals surface area contributed by atoms with Crippen molar-refractivity contribution in [1.29, 1.82) is 0 Å². The predicted molar refractivity (Wildman–Crippen MR) is 374 cm³/mol. The number of carbonyl (C=O) groups is 4. The molecule has 13 nitrogen and oxygen atoms in total. The highest BCUT2D eigenvalue weighted by Crippen LogP contribution is 2.59. The van der Waals surface area contributed by atoms with E-state index < -0.39 is 21.6 Å². The number of nitrogens with one attached hydrogen (secondary N) is 2. The Morgan fingerprint density at radius 3 is 2.11 bits per heavy atom. The highest BCUT2D eigenvalue weighted by molar-refractivity contribution is 14.1. The van der Waals surface area contributed by atoms with Crippen molar-refractivity contribution in [2.45, 2.75) is 115 Å². The zero-order valence-corrected chi connectivity index (χ0v) is 59.2. The summed E-state index contributed by atoms with van der Waals surface area (Å²) in [5, 5.41) is 5.94. The van der Waals surface area contributed by atoms with E-state index in [2.05, 4.69) is 212 Å². The molecule has 430 valence electrons. The van der Waals surface area contributed by atoms with Crippen molar-refractivity contribution < 1.29 is 41.5 Å². The Hall–Kier alpha value is -2.52. The van der Waals surface area contributed by atoms with Gasteiger partial charge in [-0.1, -0.05) is 67.8 Å². The number of hydrogen-bond acceptors (Lipinski definition) is 8. The molecule has 4 aliphatic rings. The number of benzene rings is 4. The number of allylic oxidation sites excluding steroid dienone is 8. The van der Waals surface area contributed by atoms with Gasteiger partial charge < -0.3 is 25.2 Å². The van der Waals surface area contributed by atoms with Crippen LogP contribution < -0.4 is 15.5 Å². The number of rotatable bonds is 22. The first-order valence-electron chi connectivity index (χ1n) is 27.3. The second kappa shape index (κ2) is 28.8. The first kappa shape index (κ1) is 64.5. The third kappa shape index (κ3) is 14.8. The number of aryl methyl sites for hydroxylation is 1. The molecule has 3 heterocycles. The predicted octanol–water partition coefficient (Wildman–Crippen LogP) is 14.8. The molecule has 2 atom stereocenters. The van der Waals surface area contributed by atoms with Gasteiger partial charge >= 0.3 is 0 Å². The maximum absolute atomic E-state index is 14.7. The minimum atomic E-state index is -4.20. The number of halogens is 6. The molecule has 1 saturated carbocycles. The second-order valence-corrected chi connectivity index (χ2v) is 29.5. The molecule has 1 spiro atoms. The van der Waals surface area contributed by atoms with Crippen molar-refractivity contribution in [2.24, 2.45) is 5.92 Å². The average molecular weight is 1790 g/mol. The maximum atomic E-state index is 14.7. The topological polar surface area (TPSA) is 165 Å². The minimum Gasteiger partial charge on any atom is -0.468 e. The lowest BCUT2D eigenvalue weighted by Gasteiger charge is -2.41. The Morgan fingerprint density at radius 2 is 1.44 bits per heavy atom. The summed E-state index contributed by atoms with van der Waals surface area (Å²) in [5.74, 6) is -1.12. The Bertz CT molecular complexity index is 3320. The van der Waals surface area contributed by atoms with Crippen LogP contribution in [-0.4, -0.2) is 90.4 Å². The standard InChI is InChI=1S/C61H65I6N5O8S/c1-4-31-70-47-36-44(62)53(64)55(66)51(47)60(3,28-11-8-12-34-80-38-73)49(70)16-9-6-5-7-10-17-50-61(52-48(37-45(63)54(65)56(52)67)71(50)33-14-35-81(77,78)79)29-26-41(27-30-61)59(76)72-32-13-15-46(72)58(75)69-43-24-22-42(23-25-43)68-57(74)40-20-18-39(2)19-21-40/h5-7,9-10,16-25,36-38,41,46H,4,8,11-15,26-35H2,1-3H3,(H2-,68,69,74,75,77,78,79)/p+1. The Balaban J connectivity index is 1.02. The van der Waals surface area contributed by atoms with Crippen molar-refractivity contribution in [1.82, 2.24) is 4.90 Å². The van der Waals surface area contributed by atoms with Gasteiger partial charge in [-0.25, -0.2) is 0 Å². The lowest BCUT2D eigenvalue weighted by Crippen LogP contribution is -2.47. The van der Waals surface area contributed by atoms with Gasteiger partial charge in [0.25, 0.3) is 22.5 Å². The van der Waals surface area contributed by atoms with Crippen molar-refractivity contribution in [2.75, 3.05) is 47.5 Å². The van der Waals surface area contributed by atoms with E-state index in [1.54, 1.807) is 41.3 Å². The van der Waals surface area contributed by atoms with Gasteiger partial charge in [0, 0.05) is 98.3 Å². The van der Waals surface area contributed by atoms with Crippen LogP contribution in [-0.2, 0) is 40.1 Å². The molecular formula is C61H66I6N5O8S+. The summed E-state index contributed by atoms with van der Waals surface area (Å²) in [6, 6.07) is 18.3. The number of anilines is 3. The molecule has 0 radical (unpaired) electrons. The lowest BCUT2D eigenvalue weighted by molar-refractivity contribution is -0.437. The van der Waals surface area contributed by atoms with Crippen molar-refractivity contribution >= 4 is 198 Å². The van der Waals surface area contributed by atoms with Gasteiger partial charge in [0.05, 0.1) is 23.3 Å². The van der Waals surface area contributed by atoms with Gasteiger partial charge in [-0.2, -0.15) is 13.0 Å². The summed E-state index contributed by atoms with van der Waals surface area (Å²) in [5.41, 5.74) is 9.22. The zero-order chi connectivity index (χ0) is 58.2. The molecule has 2 unspecified atom stereocenters. The summed E-state index contributed by atoms with van der Waals surface area (Å²) in [4.78, 5) is 56.2. The zero-order valence-electron chi connectivity index (χ0n) is 45.4. The molecule has 0 aromatic heterocycles. The summed E-state index contributed by atoms with van der Waals surface area (Å²) in [6.45, 7) is 9.27. The van der Waals surface area contributed by atoms with Crippen LogP contribution in [0.25, 0.3) is 0 Å². The minimum absolute atomic E-state index is 0.00592. The number of hydrogen-bond donors (Lipinski definition) is 3. The third-order valence-corrected chi connectivity index (χ3v) is 27.0. The molecule has 8 rings (SSSR count). The smallest absolute Gasteiger partial charge is 0.293 e. The van der Waals surface area contributed by atoms with E-state index in [9.17, 15) is 32.1 Å². The van der Waals surface area contributed by atoms with Crippen LogP contribution in [0.1, 0.15) is 118 Å². The van der Waals surface area contributed by atoms with E-state index in [1.165, 1.54) is 33.2 Å². The second-order valence-electron chi connectivity index (χ2n) is 21.3. The largest absolute Gasteiger partial charge is 0.468 e. The van der Waals surface area contributed by atoms with E-state index in [0.717, 1.165) is 72.7 Å². The Morgan fingerprint density at radius 1 is 0.802 bits per heavy atom. The molecule has 0 bridgehead atoms. The van der Waals surface area contributed by atoms with E-state index in [4.69, 9.17) is 4.74 Å². The number of fused-ring (bicyclic) bond motifs is 3. The molecule has 4 aromatic rings. The molecule has 3 N–H and O–H groups in total. The molecule has 3 amide bonds. The SMILES string of the molecule is CCC[N+]1=C(/C=C/C=C/C=C/C=C2\N(CCCS(=O)(=O)O)c3cc(I)c(I)c(I)c3C23CCC(C(=O)N2CCCC2C(=O)Nc2ccc(NC(=O)c4ccc(C)cc4)cc2)CC3)C(C)(CCCCCOC=O)c2c1cc(I)c(I)c2I. The molecule has 81 heavy (non-hydrogen) atoms. The molecule has 1 saturated heterocycles. The normalized spacial score (nSPS) is 21.3. The number of amides is 3. The third-order valence-electron chi connectivity index (χ3n) is 16.0. The Kier molecular flexibility index (Phi) is 22.9. The van der Waals surface area contributed by atoms with Crippen LogP contribution in [0.5, 0.6) is 0 Å². The monoisotopic (exact) mass is 1790 g/mol. The van der Waals surface area contributed by atoms with Gasteiger partial charge in [0.2, 0.25) is 17.5 Å². The van der Waals surface area contributed by atoms with Crippen LogP contribution in [0.4, 0.5) is 22.7 Å². The average Bonchev–Trinajstić information content (AvgIpc) is 2.55. The van der Waals surface area contributed by atoms with Gasteiger partial charge in [-0.3, -0.25) is 23.7 Å². The van der Waals surface area contributed by atoms with Gasteiger partial charge in [0.15, 0.2) is 5.71 Å². The molecule has 20 heteroatoms. The number of carbonyl (C=O) groups excluding carboxylic acids is 4. The maximum Gasteiger partial charge on any atom is 0.293 e. The van der Waals surface area contributed by atoms with Gasteiger partial charge in [-0.05, 0) is 256 Å². The van der Waals surface area contributed by atoms with E-state index in [0.29, 0.717) is 75.2 Å². The van der Waals surface area contributed by atoms with Crippen LogP contribution in [0.3, 0.4) is 0 Å². The van der Waals surface area contributed by atoms with Crippen LogP contribution in [0.2, 0.25) is 0 Å². The summed E-state index contributed by atoms with van der Waals surface area (Å²) in [6.07, 6.45) is 23.5. The summed E-state index contributed by atoms with van der Waals surface area (Å²) < 4.78 is 48.7. The fourth-order valence-electron chi connectivity index (χ4n) is 12.1. The number of ether oxygens (including phenoxy) is 1. The van der Waals surface area contributed by atoms with E-state index in [1.807, 2.05) is 31.2 Å². The fourth-order valence-corrected chi connectivity index (χ4v) is 17.8.